The van der Waals surface area contributed by atoms with Gasteiger partial charge in [-0.2, -0.15) is 0 Å². The molecule has 3 N–H and O–H groups in total. The lowest BCUT2D eigenvalue weighted by Gasteiger charge is -2.25. The van der Waals surface area contributed by atoms with Crippen LogP contribution in [-0.4, -0.2) is 39.1 Å². The van der Waals surface area contributed by atoms with Gasteiger partial charge >= 0.3 is 5.69 Å². The highest BCUT2D eigenvalue weighted by Crippen LogP contribution is 2.42. The number of H-pyrrole nitrogens is 1. The van der Waals surface area contributed by atoms with Crippen LogP contribution in [0.4, 0.5) is 0 Å². The molecular weight excluding hydrogens is 252 g/mol. The minimum atomic E-state index is -0.608. The summed E-state index contributed by atoms with van der Waals surface area (Å²) in [6.07, 6.45) is 0.683. The van der Waals surface area contributed by atoms with Gasteiger partial charge in [-0.05, 0) is 6.92 Å². The largest absolute Gasteiger partial charge is 0.396 e. The Morgan fingerprint density at radius 3 is 2.74 bits per heavy atom. The van der Waals surface area contributed by atoms with Crippen molar-refractivity contribution >= 4 is 0 Å². The van der Waals surface area contributed by atoms with Crippen LogP contribution in [0.2, 0.25) is 0 Å². The van der Waals surface area contributed by atoms with Crippen LogP contribution in [0, 0.1) is 12.3 Å². The molecule has 0 radical (unpaired) electrons. The van der Waals surface area contributed by atoms with Crippen molar-refractivity contribution in [1.29, 1.82) is 0 Å². The van der Waals surface area contributed by atoms with E-state index in [1.165, 1.54) is 10.8 Å². The molecule has 7 nitrogen and oxygen atoms in total. The fourth-order valence-electron chi connectivity index (χ4n) is 2.33. The average Bonchev–Trinajstić information content (AvgIpc) is 2.71. The van der Waals surface area contributed by atoms with Crippen molar-refractivity contribution in [2.24, 2.45) is 5.41 Å². The Morgan fingerprint density at radius 2 is 2.21 bits per heavy atom. The van der Waals surface area contributed by atoms with E-state index in [-0.39, 0.29) is 13.2 Å². The molecule has 1 aliphatic heterocycles. The Labute approximate surface area is 109 Å². The molecule has 1 aromatic heterocycles. The number of nitrogens with zero attached hydrogens (tertiary/aromatic N) is 1. The SMILES string of the molecule is Cc1cn(C2C[C@@](C)(CO)[C@@H](CO)O2)c(=O)[nH]c1=O. The second-order valence-electron chi connectivity index (χ2n) is 5.26. The number of aromatic nitrogens is 2. The Kier molecular flexibility index (Phi) is 3.62. The maximum absolute atomic E-state index is 11.8. The van der Waals surface area contributed by atoms with Crippen LogP contribution >= 0.6 is 0 Å². The van der Waals surface area contributed by atoms with Gasteiger partial charge in [0.2, 0.25) is 0 Å². The molecule has 2 heterocycles. The van der Waals surface area contributed by atoms with Crippen molar-refractivity contribution in [3.63, 3.8) is 0 Å². The zero-order chi connectivity index (χ0) is 14.2. The van der Waals surface area contributed by atoms with Gasteiger partial charge in [0.05, 0.1) is 19.3 Å². The van der Waals surface area contributed by atoms with Gasteiger partial charge in [0.1, 0.15) is 6.23 Å². The first kappa shape index (κ1) is 14.0. The smallest absolute Gasteiger partial charge is 0.330 e. The number of hydrogen-bond acceptors (Lipinski definition) is 5. The van der Waals surface area contributed by atoms with Gasteiger partial charge in [0.15, 0.2) is 0 Å². The average molecular weight is 270 g/mol. The molecule has 1 aromatic rings. The number of nitrogens with one attached hydrogen (secondary N) is 1. The number of hydrogen-bond donors (Lipinski definition) is 3. The molecule has 1 fully saturated rings. The van der Waals surface area contributed by atoms with Crippen molar-refractivity contribution in [3.8, 4) is 0 Å². The fourth-order valence-corrected chi connectivity index (χ4v) is 2.33. The van der Waals surface area contributed by atoms with Gasteiger partial charge in [0, 0.05) is 23.6 Å². The van der Waals surface area contributed by atoms with Crippen molar-refractivity contribution in [3.05, 3.63) is 32.6 Å². The Balaban J connectivity index is 2.38. The molecule has 2 rings (SSSR count). The molecule has 19 heavy (non-hydrogen) atoms. The highest BCUT2D eigenvalue weighted by Gasteiger charge is 2.45. The number of aliphatic hydroxyl groups excluding tert-OH is 2. The Morgan fingerprint density at radius 1 is 1.53 bits per heavy atom. The molecule has 106 valence electrons. The maximum atomic E-state index is 11.8. The molecule has 0 aromatic carbocycles. The summed E-state index contributed by atoms with van der Waals surface area (Å²) in [5, 5.41) is 18.7. The number of aromatic amines is 1. The van der Waals surface area contributed by atoms with Crippen LogP contribution in [0.1, 0.15) is 25.1 Å². The van der Waals surface area contributed by atoms with E-state index in [1.807, 2.05) is 0 Å². The number of aryl methyl sites for hydroxylation is 1. The van der Waals surface area contributed by atoms with E-state index in [0.29, 0.717) is 12.0 Å². The van der Waals surface area contributed by atoms with E-state index in [1.54, 1.807) is 13.8 Å². The quantitative estimate of drug-likeness (QED) is 0.662. The van der Waals surface area contributed by atoms with Crippen molar-refractivity contribution < 1.29 is 14.9 Å². The molecule has 3 atom stereocenters. The van der Waals surface area contributed by atoms with Crippen molar-refractivity contribution in [2.45, 2.75) is 32.6 Å². The topological polar surface area (TPSA) is 105 Å². The van der Waals surface area contributed by atoms with E-state index >= 15 is 0 Å². The summed E-state index contributed by atoms with van der Waals surface area (Å²) in [7, 11) is 0. The highest BCUT2D eigenvalue weighted by atomic mass is 16.5. The summed E-state index contributed by atoms with van der Waals surface area (Å²) in [6, 6.07) is 0. The minimum absolute atomic E-state index is 0.147. The monoisotopic (exact) mass is 270 g/mol. The summed E-state index contributed by atoms with van der Waals surface area (Å²) in [5.74, 6) is 0. The first-order chi connectivity index (χ1) is 8.91. The third kappa shape index (κ3) is 2.36. The normalized spacial score (nSPS) is 30.7. The fraction of sp³-hybridized carbons (Fsp3) is 0.667. The third-order valence-corrected chi connectivity index (χ3v) is 3.72. The molecule has 0 aliphatic carbocycles. The van der Waals surface area contributed by atoms with Crippen LogP contribution in [0.25, 0.3) is 0 Å². The minimum Gasteiger partial charge on any atom is -0.396 e. The molecule has 1 unspecified atom stereocenters. The zero-order valence-corrected chi connectivity index (χ0v) is 10.9. The van der Waals surface area contributed by atoms with Gasteiger partial charge in [-0.3, -0.25) is 14.3 Å². The summed E-state index contributed by atoms with van der Waals surface area (Å²) < 4.78 is 6.90. The van der Waals surface area contributed by atoms with E-state index in [4.69, 9.17) is 4.74 Å². The second-order valence-corrected chi connectivity index (χ2v) is 5.26. The second kappa shape index (κ2) is 4.92. The standard InChI is InChI=1S/C12H18N2O5/c1-7-4-14(11(18)13-10(7)17)9-3-12(2,6-16)8(5-15)19-9/h4,8-9,15-16H,3,5-6H2,1-2H3,(H,13,17,18)/t8-,9?,12+/m1/s1. The lowest BCUT2D eigenvalue weighted by Crippen LogP contribution is -2.34. The van der Waals surface area contributed by atoms with Gasteiger partial charge in [0.25, 0.3) is 5.56 Å². The molecule has 0 saturated carbocycles. The predicted molar refractivity (Wildman–Crippen MR) is 66.9 cm³/mol. The molecule has 0 spiro atoms. The van der Waals surface area contributed by atoms with Crippen LogP contribution in [0.3, 0.4) is 0 Å². The van der Waals surface area contributed by atoms with Crippen LogP contribution in [-0.2, 0) is 4.74 Å². The number of aliphatic hydroxyl groups is 2. The highest BCUT2D eigenvalue weighted by molar-refractivity contribution is 5.02. The summed E-state index contributed by atoms with van der Waals surface area (Å²) in [4.78, 5) is 25.3. The van der Waals surface area contributed by atoms with Gasteiger partial charge < -0.3 is 14.9 Å². The number of rotatable bonds is 3. The summed E-state index contributed by atoms with van der Waals surface area (Å²) >= 11 is 0. The third-order valence-electron chi connectivity index (χ3n) is 3.72. The van der Waals surface area contributed by atoms with Gasteiger partial charge in [-0.25, -0.2) is 4.79 Å². The summed E-state index contributed by atoms with van der Waals surface area (Å²) in [6.45, 7) is 3.01. The molecule has 0 amide bonds. The first-order valence-corrected chi connectivity index (χ1v) is 6.10. The number of ether oxygens (including phenoxy) is 1. The molecule has 7 heteroatoms. The Hall–Kier alpha value is -1.44. The van der Waals surface area contributed by atoms with Crippen LogP contribution in [0.15, 0.2) is 15.8 Å². The lowest BCUT2D eigenvalue weighted by molar-refractivity contribution is -0.0542. The van der Waals surface area contributed by atoms with E-state index in [9.17, 15) is 19.8 Å². The molecule has 1 aliphatic rings. The maximum Gasteiger partial charge on any atom is 0.330 e. The van der Waals surface area contributed by atoms with Crippen LogP contribution in [0.5, 0.6) is 0 Å². The lowest BCUT2D eigenvalue weighted by atomic mass is 9.84. The van der Waals surface area contributed by atoms with Gasteiger partial charge in [-0.15, -0.1) is 0 Å². The van der Waals surface area contributed by atoms with Gasteiger partial charge in [-0.1, -0.05) is 6.92 Å². The zero-order valence-electron chi connectivity index (χ0n) is 10.9. The van der Waals surface area contributed by atoms with E-state index in [2.05, 4.69) is 4.98 Å². The first-order valence-electron chi connectivity index (χ1n) is 6.10. The van der Waals surface area contributed by atoms with E-state index < -0.39 is 29.0 Å². The predicted octanol–water partition coefficient (Wildman–Crippen LogP) is -0.877. The molecule has 1 saturated heterocycles. The molecule has 0 bridgehead atoms. The Bertz CT molecular complexity index is 578. The van der Waals surface area contributed by atoms with E-state index in [0.717, 1.165) is 0 Å². The van der Waals surface area contributed by atoms with Crippen LogP contribution < -0.4 is 11.2 Å². The molecular formula is C12H18N2O5. The van der Waals surface area contributed by atoms with Crippen molar-refractivity contribution in [2.75, 3.05) is 13.2 Å². The van der Waals surface area contributed by atoms with Crippen molar-refractivity contribution in [1.82, 2.24) is 9.55 Å². The summed E-state index contributed by atoms with van der Waals surface area (Å²) in [5.41, 5.74) is -1.19.